The first-order chi connectivity index (χ1) is 9.92. The first kappa shape index (κ1) is 15.2. The molecule has 21 heavy (non-hydrogen) atoms. The van der Waals surface area contributed by atoms with E-state index in [0.29, 0.717) is 0 Å². The quantitative estimate of drug-likeness (QED) is 0.777. The Bertz CT molecular complexity index is 603. The Morgan fingerprint density at radius 3 is 2.76 bits per heavy atom. The van der Waals surface area contributed by atoms with E-state index >= 15 is 0 Å². The molecule has 2 N–H and O–H groups in total. The van der Waals surface area contributed by atoms with Crippen molar-refractivity contribution in [3.8, 4) is 0 Å². The van der Waals surface area contributed by atoms with Crippen molar-refractivity contribution < 1.29 is 14.3 Å². The second-order valence-electron chi connectivity index (χ2n) is 4.86. The third-order valence-electron chi connectivity index (χ3n) is 3.29. The van der Waals surface area contributed by atoms with Gasteiger partial charge in [0.05, 0.1) is 7.11 Å². The lowest BCUT2D eigenvalue weighted by Crippen LogP contribution is -2.34. The fourth-order valence-corrected chi connectivity index (χ4v) is 2.70. The molecule has 0 saturated carbocycles. The molecular formula is C14H17N3O3S. The van der Waals surface area contributed by atoms with E-state index in [0.717, 1.165) is 23.4 Å². The minimum Gasteiger partial charge on any atom is -0.453 e. The summed E-state index contributed by atoms with van der Waals surface area (Å²) in [6, 6.07) is 5.77. The van der Waals surface area contributed by atoms with Crippen molar-refractivity contribution >= 4 is 40.7 Å². The van der Waals surface area contributed by atoms with Crippen LogP contribution in [0.25, 0.3) is 0 Å². The lowest BCUT2D eigenvalue weighted by atomic mass is 10.1. The fourth-order valence-electron chi connectivity index (χ4n) is 2.49. The number of carbonyl (C=O) groups is 2. The molecule has 0 aliphatic carbocycles. The molecule has 0 saturated heterocycles. The zero-order valence-electron chi connectivity index (χ0n) is 12.1. The van der Waals surface area contributed by atoms with Gasteiger partial charge >= 0.3 is 6.09 Å². The van der Waals surface area contributed by atoms with Crippen molar-refractivity contribution in [2.75, 3.05) is 17.3 Å². The van der Waals surface area contributed by atoms with Crippen LogP contribution >= 0.6 is 12.2 Å². The van der Waals surface area contributed by atoms with Gasteiger partial charge < -0.3 is 15.0 Å². The number of nitrogens with zero attached hydrogens (tertiary/aromatic N) is 1. The summed E-state index contributed by atoms with van der Waals surface area (Å²) >= 11 is 5.01. The van der Waals surface area contributed by atoms with Crippen LogP contribution in [0.4, 0.5) is 16.2 Å². The topological polar surface area (TPSA) is 70.7 Å². The van der Waals surface area contributed by atoms with Gasteiger partial charge in [0.2, 0.25) is 5.91 Å². The van der Waals surface area contributed by atoms with Crippen molar-refractivity contribution in [3.05, 3.63) is 23.8 Å². The van der Waals surface area contributed by atoms with Gasteiger partial charge in [0, 0.05) is 24.3 Å². The van der Waals surface area contributed by atoms with E-state index in [1.165, 1.54) is 7.11 Å². The third kappa shape index (κ3) is 3.30. The van der Waals surface area contributed by atoms with E-state index in [1.54, 1.807) is 11.8 Å². The molecule has 0 bridgehead atoms. The zero-order valence-corrected chi connectivity index (χ0v) is 12.9. The molecule has 6 nitrogen and oxygen atoms in total. The number of nitrogens with one attached hydrogen (secondary N) is 2. The van der Waals surface area contributed by atoms with Crippen LogP contribution in [0.15, 0.2) is 18.2 Å². The van der Waals surface area contributed by atoms with Crippen molar-refractivity contribution in [2.45, 2.75) is 26.3 Å². The van der Waals surface area contributed by atoms with Crippen LogP contribution in [0.5, 0.6) is 0 Å². The van der Waals surface area contributed by atoms with Gasteiger partial charge in [-0.2, -0.15) is 0 Å². The normalized spacial score (nSPS) is 16.1. The van der Waals surface area contributed by atoms with E-state index in [1.807, 2.05) is 25.1 Å². The van der Waals surface area contributed by atoms with E-state index in [9.17, 15) is 9.59 Å². The number of fused-ring (bicyclic) bond motifs is 1. The Hall–Kier alpha value is -2.15. The maximum Gasteiger partial charge on any atom is 0.413 e. The Kier molecular flexibility index (Phi) is 4.42. The second-order valence-corrected chi connectivity index (χ2v) is 5.26. The number of carbonyl (C=O) groups excluding carboxylic acids is 2. The fraction of sp³-hybridized carbons (Fsp3) is 0.357. The first-order valence-corrected chi connectivity index (χ1v) is 6.92. The van der Waals surface area contributed by atoms with Gasteiger partial charge in [-0.15, -0.1) is 0 Å². The first-order valence-electron chi connectivity index (χ1n) is 6.51. The van der Waals surface area contributed by atoms with Gasteiger partial charge in [-0.25, -0.2) is 4.79 Å². The highest BCUT2D eigenvalue weighted by Crippen LogP contribution is 2.34. The highest BCUT2D eigenvalue weighted by molar-refractivity contribution is 7.80. The number of thiocarbonyl (C=S) groups is 1. The summed E-state index contributed by atoms with van der Waals surface area (Å²) in [7, 11) is 1.27. The molecule has 1 unspecified atom stereocenters. The molecule has 1 atom stereocenters. The lowest BCUT2D eigenvalue weighted by molar-refractivity contribution is -0.116. The molecule has 1 aliphatic rings. The molecular weight excluding hydrogens is 290 g/mol. The van der Waals surface area contributed by atoms with Gasteiger partial charge in [-0.1, -0.05) is 0 Å². The summed E-state index contributed by atoms with van der Waals surface area (Å²) in [6.45, 7) is 3.57. The molecule has 1 aromatic rings. The van der Waals surface area contributed by atoms with Gasteiger partial charge in [-0.3, -0.25) is 10.1 Å². The number of hydrogen-bond donors (Lipinski definition) is 2. The highest BCUT2D eigenvalue weighted by atomic mass is 32.1. The minimum absolute atomic E-state index is 0.0323. The largest absolute Gasteiger partial charge is 0.453 e. The summed E-state index contributed by atoms with van der Waals surface area (Å²) in [5.74, 6) is 0.0323. The predicted octanol–water partition coefficient (Wildman–Crippen LogP) is 2.04. The molecule has 1 heterocycles. The molecule has 0 aromatic heterocycles. The Morgan fingerprint density at radius 2 is 2.14 bits per heavy atom. The SMILES string of the molecule is COC(=O)NC(=S)Nc1ccc2c(c1)CC(C)N2C(C)=O. The molecule has 0 spiro atoms. The van der Waals surface area contributed by atoms with E-state index in [-0.39, 0.29) is 17.1 Å². The Balaban J connectivity index is 2.13. The summed E-state index contributed by atoms with van der Waals surface area (Å²) in [5, 5.41) is 5.45. The average Bonchev–Trinajstić information content (AvgIpc) is 2.73. The van der Waals surface area contributed by atoms with Gasteiger partial charge in [-0.05, 0) is 49.3 Å². The average molecular weight is 307 g/mol. The second kappa shape index (κ2) is 6.09. The van der Waals surface area contributed by atoms with Crippen LogP contribution in [-0.2, 0) is 16.0 Å². The maximum absolute atomic E-state index is 11.7. The highest BCUT2D eigenvalue weighted by Gasteiger charge is 2.28. The van der Waals surface area contributed by atoms with Crippen molar-refractivity contribution in [2.24, 2.45) is 0 Å². The van der Waals surface area contributed by atoms with Crippen LogP contribution in [0.1, 0.15) is 19.4 Å². The molecule has 7 heteroatoms. The number of methoxy groups -OCH3 is 1. The summed E-state index contributed by atoms with van der Waals surface area (Å²) in [4.78, 5) is 24.5. The standard InChI is InChI=1S/C14H17N3O3S/c1-8-6-10-7-11(15-13(21)16-14(19)20-3)4-5-12(10)17(8)9(2)18/h4-5,7-8H,6H2,1-3H3,(H2,15,16,19,21). The smallest absolute Gasteiger partial charge is 0.413 e. The lowest BCUT2D eigenvalue weighted by Gasteiger charge is -2.20. The van der Waals surface area contributed by atoms with Crippen LogP contribution in [-0.4, -0.2) is 30.3 Å². The molecule has 112 valence electrons. The van der Waals surface area contributed by atoms with Crippen molar-refractivity contribution in [3.63, 3.8) is 0 Å². The van der Waals surface area contributed by atoms with Gasteiger partial charge in [0.25, 0.3) is 0 Å². The molecule has 0 radical (unpaired) electrons. The van der Waals surface area contributed by atoms with Crippen LogP contribution in [0.3, 0.4) is 0 Å². The molecule has 2 rings (SSSR count). The van der Waals surface area contributed by atoms with E-state index < -0.39 is 6.09 Å². The number of benzene rings is 1. The molecule has 0 fully saturated rings. The summed E-state index contributed by atoms with van der Waals surface area (Å²) < 4.78 is 4.47. The van der Waals surface area contributed by atoms with Gasteiger partial charge in [0.15, 0.2) is 5.11 Å². The Morgan fingerprint density at radius 1 is 1.43 bits per heavy atom. The van der Waals surface area contributed by atoms with Crippen LogP contribution < -0.4 is 15.5 Å². The van der Waals surface area contributed by atoms with Gasteiger partial charge in [0.1, 0.15) is 0 Å². The van der Waals surface area contributed by atoms with E-state index in [4.69, 9.17) is 12.2 Å². The zero-order chi connectivity index (χ0) is 15.6. The molecule has 1 aromatic carbocycles. The Labute approximate surface area is 128 Å². The predicted molar refractivity (Wildman–Crippen MR) is 84.5 cm³/mol. The molecule has 2 amide bonds. The number of ether oxygens (including phenoxy) is 1. The maximum atomic E-state index is 11.7. The monoisotopic (exact) mass is 307 g/mol. The summed E-state index contributed by atoms with van der Waals surface area (Å²) in [6.07, 6.45) is 0.173. The van der Waals surface area contributed by atoms with Crippen LogP contribution in [0, 0.1) is 0 Å². The van der Waals surface area contributed by atoms with E-state index in [2.05, 4.69) is 15.4 Å². The molecule has 1 aliphatic heterocycles. The number of amides is 2. The third-order valence-corrected chi connectivity index (χ3v) is 3.50. The summed E-state index contributed by atoms with van der Waals surface area (Å²) in [5.41, 5.74) is 2.75. The van der Waals surface area contributed by atoms with Crippen molar-refractivity contribution in [1.29, 1.82) is 0 Å². The number of alkyl carbamates (subject to hydrolysis) is 1. The number of anilines is 2. The number of hydrogen-bond acceptors (Lipinski definition) is 4. The minimum atomic E-state index is -0.620. The van der Waals surface area contributed by atoms with Crippen molar-refractivity contribution in [1.82, 2.24) is 5.32 Å². The number of rotatable bonds is 1. The van der Waals surface area contributed by atoms with Crippen LogP contribution in [0.2, 0.25) is 0 Å².